The van der Waals surface area contributed by atoms with Crippen LogP contribution in [-0.2, 0) is 4.79 Å². The fourth-order valence-corrected chi connectivity index (χ4v) is 3.42. The Morgan fingerprint density at radius 3 is 2.64 bits per heavy atom. The van der Waals surface area contributed by atoms with Crippen LogP contribution in [0.4, 0.5) is 5.69 Å². The number of carbonyl (C=O) groups excluding carboxylic acids is 1. The van der Waals surface area contributed by atoms with Crippen molar-refractivity contribution in [2.24, 2.45) is 5.92 Å². The number of rotatable bonds is 2. The third-order valence-corrected chi connectivity index (χ3v) is 4.78. The van der Waals surface area contributed by atoms with E-state index < -0.39 is 0 Å². The predicted molar refractivity (Wildman–Crippen MR) is 87.1 cm³/mol. The molecule has 22 heavy (non-hydrogen) atoms. The second-order valence-electron chi connectivity index (χ2n) is 6.44. The number of anilines is 1. The Labute approximate surface area is 131 Å². The van der Waals surface area contributed by atoms with Crippen LogP contribution in [0.2, 0.25) is 0 Å². The number of amides is 1. The molecule has 2 unspecified atom stereocenters. The quantitative estimate of drug-likeness (QED) is 0.868. The Morgan fingerprint density at radius 2 is 1.95 bits per heavy atom. The zero-order valence-corrected chi connectivity index (χ0v) is 13.2. The molecule has 2 aliphatic heterocycles. The normalized spacial score (nSPS) is 26.0. The average molecular weight is 303 g/mol. The van der Waals surface area contributed by atoms with Crippen molar-refractivity contribution in [3.05, 3.63) is 24.3 Å². The van der Waals surface area contributed by atoms with Crippen molar-refractivity contribution in [3.8, 4) is 5.75 Å². The van der Waals surface area contributed by atoms with Crippen molar-refractivity contribution in [2.45, 2.75) is 25.8 Å². The van der Waals surface area contributed by atoms with Crippen molar-refractivity contribution in [1.29, 1.82) is 0 Å². The molecule has 2 saturated heterocycles. The van der Waals surface area contributed by atoms with E-state index in [1.165, 1.54) is 0 Å². The smallest absolute Gasteiger partial charge is 0.239 e. The van der Waals surface area contributed by atoms with Gasteiger partial charge in [0.2, 0.25) is 5.91 Å². The summed E-state index contributed by atoms with van der Waals surface area (Å²) < 4.78 is 0. The van der Waals surface area contributed by atoms with Crippen LogP contribution in [0.1, 0.15) is 19.8 Å². The maximum absolute atomic E-state index is 12.6. The summed E-state index contributed by atoms with van der Waals surface area (Å²) in [6, 6.07) is 7.38. The van der Waals surface area contributed by atoms with E-state index in [9.17, 15) is 9.90 Å². The summed E-state index contributed by atoms with van der Waals surface area (Å²) in [5, 5.41) is 13.3. The van der Waals surface area contributed by atoms with Gasteiger partial charge >= 0.3 is 0 Å². The van der Waals surface area contributed by atoms with Gasteiger partial charge in [-0.2, -0.15) is 0 Å². The Balaban J connectivity index is 1.57. The van der Waals surface area contributed by atoms with Gasteiger partial charge in [0.05, 0.1) is 11.7 Å². The number of hydrogen-bond acceptors (Lipinski definition) is 4. The van der Waals surface area contributed by atoms with Crippen molar-refractivity contribution in [3.63, 3.8) is 0 Å². The third kappa shape index (κ3) is 3.19. The SMILES string of the molecule is CC1CCNC(C(=O)N2CCN(c3ccccc3O)CC2)C1. The van der Waals surface area contributed by atoms with E-state index >= 15 is 0 Å². The van der Waals surface area contributed by atoms with E-state index in [0.29, 0.717) is 11.7 Å². The van der Waals surface area contributed by atoms with Crippen molar-refractivity contribution in [1.82, 2.24) is 10.2 Å². The largest absolute Gasteiger partial charge is 0.506 e. The van der Waals surface area contributed by atoms with Crippen LogP contribution < -0.4 is 10.2 Å². The van der Waals surface area contributed by atoms with E-state index in [4.69, 9.17) is 0 Å². The molecule has 0 aromatic heterocycles. The number of carbonyl (C=O) groups is 1. The number of para-hydroxylation sites is 2. The highest BCUT2D eigenvalue weighted by molar-refractivity contribution is 5.82. The number of phenolic OH excluding ortho intramolecular Hbond substituents is 1. The molecule has 0 bridgehead atoms. The molecule has 1 amide bonds. The molecule has 1 aromatic carbocycles. The zero-order chi connectivity index (χ0) is 15.5. The number of piperidine rings is 1. The first-order chi connectivity index (χ1) is 10.6. The van der Waals surface area contributed by atoms with Gasteiger partial charge in [0.1, 0.15) is 5.75 Å². The van der Waals surface area contributed by atoms with Crippen LogP contribution in [0.15, 0.2) is 24.3 Å². The van der Waals surface area contributed by atoms with Gasteiger partial charge in [-0.25, -0.2) is 0 Å². The summed E-state index contributed by atoms with van der Waals surface area (Å²) in [5.41, 5.74) is 0.860. The Morgan fingerprint density at radius 1 is 1.23 bits per heavy atom. The highest BCUT2D eigenvalue weighted by atomic mass is 16.3. The molecule has 2 fully saturated rings. The van der Waals surface area contributed by atoms with Crippen molar-refractivity contribution >= 4 is 11.6 Å². The summed E-state index contributed by atoms with van der Waals surface area (Å²) in [7, 11) is 0. The second kappa shape index (κ2) is 6.57. The van der Waals surface area contributed by atoms with Gasteiger partial charge in [-0.05, 0) is 37.4 Å². The Bertz CT molecular complexity index is 526. The third-order valence-electron chi connectivity index (χ3n) is 4.78. The van der Waals surface area contributed by atoms with Gasteiger partial charge in [-0.3, -0.25) is 4.79 Å². The first-order valence-electron chi connectivity index (χ1n) is 8.20. The number of nitrogens with zero attached hydrogens (tertiary/aromatic N) is 2. The van der Waals surface area contributed by atoms with E-state index in [2.05, 4.69) is 17.1 Å². The number of nitrogens with one attached hydrogen (secondary N) is 1. The van der Waals surface area contributed by atoms with Crippen molar-refractivity contribution < 1.29 is 9.90 Å². The summed E-state index contributed by atoms with van der Waals surface area (Å²) in [6.45, 7) is 6.14. The van der Waals surface area contributed by atoms with Gasteiger partial charge in [0, 0.05) is 26.2 Å². The average Bonchev–Trinajstić information content (AvgIpc) is 2.55. The summed E-state index contributed by atoms with van der Waals surface area (Å²) >= 11 is 0. The molecule has 0 spiro atoms. The van der Waals surface area contributed by atoms with Gasteiger partial charge in [-0.15, -0.1) is 0 Å². The fraction of sp³-hybridized carbons (Fsp3) is 0.588. The molecular formula is C17H25N3O2. The van der Waals surface area contributed by atoms with E-state index in [-0.39, 0.29) is 11.9 Å². The van der Waals surface area contributed by atoms with E-state index in [1.807, 2.05) is 23.1 Å². The van der Waals surface area contributed by atoms with Gasteiger partial charge in [-0.1, -0.05) is 19.1 Å². The lowest BCUT2D eigenvalue weighted by molar-refractivity contribution is -0.134. The van der Waals surface area contributed by atoms with E-state index in [1.54, 1.807) is 6.07 Å². The molecule has 0 saturated carbocycles. The van der Waals surface area contributed by atoms with Crippen LogP contribution >= 0.6 is 0 Å². The van der Waals surface area contributed by atoms with E-state index in [0.717, 1.165) is 51.3 Å². The first kappa shape index (κ1) is 15.2. The number of hydrogen-bond donors (Lipinski definition) is 2. The van der Waals surface area contributed by atoms with Gasteiger partial charge in [0.15, 0.2) is 0 Å². The van der Waals surface area contributed by atoms with Gasteiger partial charge in [0.25, 0.3) is 0 Å². The van der Waals surface area contributed by atoms with Crippen molar-refractivity contribution in [2.75, 3.05) is 37.6 Å². The molecule has 5 nitrogen and oxygen atoms in total. The molecule has 2 heterocycles. The molecule has 120 valence electrons. The molecule has 1 aromatic rings. The predicted octanol–water partition coefficient (Wildman–Crippen LogP) is 1.43. The fourth-order valence-electron chi connectivity index (χ4n) is 3.42. The minimum Gasteiger partial charge on any atom is -0.506 e. The minimum atomic E-state index is -0.0135. The molecule has 2 atom stereocenters. The maximum Gasteiger partial charge on any atom is 0.239 e. The lowest BCUT2D eigenvalue weighted by atomic mass is 9.93. The number of benzene rings is 1. The molecule has 2 aliphatic rings. The summed E-state index contributed by atoms with van der Waals surface area (Å²) in [6.07, 6.45) is 2.10. The first-order valence-corrected chi connectivity index (χ1v) is 8.20. The minimum absolute atomic E-state index is 0.0135. The molecule has 0 aliphatic carbocycles. The van der Waals surface area contributed by atoms with Gasteiger partial charge < -0.3 is 20.2 Å². The molecule has 0 radical (unpaired) electrons. The van der Waals surface area contributed by atoms with Crippen LogP contribution in [0.5, 0.6) is 5.75 Å². The Hall–Kier alpha value is -1.75. The zero-order valence-electron chi connectivity index (χ0n) is 13.2. The summed E-state index contributed by atoms with van der Waals surface area (Å²) in [5.74, 6) is 1.17. The van der Waals surface area contributed by atoms with Crippen LogP contribution in [0.3, 0.4) is 0 Å². The summed E-state index contributed by atoms with van der Waals surface area (Å²) in [4.78, 5) is 16.7. The van der Waals surface area contributed by atoms with Crippen LogP contribution in [0, 0.1) is 5.92 Å². The lowest BCUT2D eigenvalue weighted by Gasteiger charge is -2.39. The molecule has 3 rings (SSSR count). The number of piperazine rings is 1. The topological polar surface area (TPSA) is 55.8 Å². The van der Waals surface area contributed by atoms with Crippen LogP contribution in [0.25, 0.3) is 0 Å². The monoisotopic (exact) mass is 303 g/mol. The molecule has 5 heteroatoms. The highest BCUT2D eigenvalue weighted by Gasteiger charge is 2.30. The molecule has 2 N–H and O–H groups in total. The lowest BCUT2D eigenvalue weighted by Crippen LogP contribution is -2.55. The van der Waals surface area contributed by atoms with Crippen LogP contribution in [-0.4, -0.2) is 54.7 Å². The highest BCUT2D eigenvalue weighted by Crippen LogP contribution is 2.27. The molecular weight excluding hydrogens is 278 g/mol. The second-order valence-corrected chi connectivity index (χ2v) is 6.44. The number of phenols is 1. The standard InChI is InChI=1S/C17H25N3O2/c1-13-6-7-18-14(12-13)17(22)20-10-8-19(9-11-20)15-4-2-3-5-16(15)21/h2-5,13-14,18,21H,6-12H2,1H3. The maximum atomic E-state index is 12.6. The number of aromatic hydroxyl groups is 1. The Kier molecular flexibility index (Phi) is 4.52.